The molecular formula is C17H19N3O3. The molecule has 1 aromatic heterocycles. The molecule has 0 aliphatic heterocycles. The fourth-order valence-electron chi connectivity index (χ4n) is 1.88. The van der Waals surface area contributed by atoms with E-state index in [1.54, 1.807) is 43.6 Å². The lowest BCUT2D eigenvalue weighted by molar-refractivity contribution is -0.119. The molecule has 2 N–H and O–H groups in total. The number of benzene rings is 1. The van der Waals surface area contributed by atoms with E-state index >= 15 is 0 Å². The summed E-state index contributed by atoms with van der Waals surface area (Å²) in [5, 5.41) is 5.81. The predicted octanol–water partition coefficient (Wildman–Crippen LogP) is 1.99. The largest absolute Gasteiger partial charge is 0.462 e. The summed E-state index contributed by atoms with van der Waals surface area (Å²) >= 11 is 0. The van der Waals surface area contributed by atoms with Crippen molar-refractivity contribution in [2.75, 3.05) is 18.5 Å². The van der Waals surface area contributed by atoms with Gasteiger partial charge in [-0.15, -0.1) is 0 Å². The average Bonchev–Trinajstić information content (AvgIpc) is 2.59. The van der Waals surface area contributed by atoms with Gasteiger partial charge < -0.3 is 15.4 Å². The summed E-state index contributed by atoms with van der Waals surface area (Å²) in [5.41, 5.74) is 2.24. The van der Waals surface area contributed by atoms with Crippen LogP contribution in [0.2, 0.25) is 0 Å². The zero-order valence-electron chi connectivity index (χ0n) is 12.9. The number of nitrogens with one attached hydrogen (secondary N) is 2. The highest BCUT2D eigenvalue weighted by molar-refractivity contribution is 5.90. The lowest BCUT2D eigenvalue weighted by atomic mass is 10.2. The van der Waals surface area contributed by atoms with Crippen LogP contribution in [0.25, 0.3) is 0 Å². The van der Waals surface area contributed by atoms with Crippen LogP contribution in [0.3, 0.4) is 0 Å². The molecule has 2 aromatic rings. The number of rotatable bonds is 7. The SMILES string of the molecule is CCOC(=O)c1ccc(NCC(=O)NCc2ccncc2)cc1. The first-order valence-electron chi connectivity index (χ1n) is 7.35. The van der Waals surface area contributed by atoms with Crippen molar-refractivity contribution in [3.8, 4) is 0 Å². The van der Waals surface area contributed by atoms with E-state index in [1.807, 2.05) is 12.1 Å². The third-order valence-corrected chi connectivity index (χ3v) is 3.09. The molecule has 6 nitrogen and oxygen atoms in total. The van der Waals surface area contributed by atoms with E-state index in [0.29, 0.717) is 18.7 Å². The lowest BCUT2D eigenvalue weighted by Gasteiger charge is -2.08. The second-order valence-electron chi connectivity index (χ2n) is 4.78. The molecular weight excluding hydrogens is 294 g/mol. The van der Waals surface area contributed by atoms with Gasteiger partial charge in [0, 0.05) is 24.6 Å². The Morgan fingerprint density at radius 2 is 1.78 bits per heavy atom. The maximum atomic E-state index is 11.8. The molecule has 0 unspecified atom stereocenters. The van der Waals surface area contributed by atoms with Crippen molar-refractivity contribution in [2.24, 2.45) is 0 Å². The number of ether oxygens (including phenoxy) is 1. The smallest absolute Gasteiger partial charge is 0.338 e. The highest BCUT2D eigenvalue weighted by atomic mass is 16.5. The van der Waals surface area contributed by atoms with Gasteiger partial charge in [-0.1, -0.05) is 0 Å². The first kappa shape index (κ1) is 16.5. The first-order chi connectivity index (χ1) is 11.2. The minimum atomic E-state index is -0.353. The van der Waals surface area contributed by atoms with Crippen molar-refractivity contribution in [1.29, 1.82) is 0 Å². The molecule has 0 fully saturated rings. The number of aromatic nitrogens is 1. The Kier molecular flexibility index (Phi) is 6.11. The summed E-state index contributed by atoms with van der Waals surface area (Å²) in [5.74, 6) is -0.467. The van der Waals surface area contributed by atoms with Crippen LogP contribution in [-0.2, 0) is 16.1 Å². The van der Waals surface area contributed by atoms with Crippen LogP contribution in [-0.4, -0.2) is 30.0 Å². The molecule has 0 aliphatic rings. The summed E-state index contributed by atoms with van der Waals surface area (Å²) in [6.45, 7) is 2.73. The Hall–Kier alpha value is -2.89. The molecule has 1 aromatic carbocycles. The summed E-state index contributed by atoms with van der Waals surface area (Å²) < 4.78 is 4.91. The van der Waals surface area contributed by atoms with Crippen LogP contribution in [0.15, 0.2) is 48.8 Å². The molecule has 0 saturated heterocycles. The van der Waals surface area contributed by atoms with Crippen LogP contribution in [0, 0.1) is 0 Å². The number of pyridine rings is 1. The van der Waals surface area contributed by atoms with Gasteiger partial charge in [-0.2, -0.15) is 0 Å². The Labute approximate surface area is 134 Å². The van der Waals surface area contributed by atoms with Gasteiger partial charge in [-0.3, -0.25) is 9.78 Å². The van der Waals surface area contributed by atoms with Crippen LogP contribution >= 0.6 is 0 Å². The van der Waals surface area contributed by atoms with Crippen LogP contribution in [0.1, 0.15) is 22.8 Å². The highest BCUT2D eigenvalue weighted by Crippen LogP contribution is 2.10. The highest BCUT2D eigenvalue weighted by Gasteiger charge is 2.06. The lowest BCUT2D eigenvalue weighted by Crippen LogP contribution is -2.29. The molecule has 2 rings (SSSR count). The van der Waals surface area contributed by atoms with Crippen LogP contribution in [0.5, 0.6) is 0 Å². The molecule has 0 radical (unpaired) electrons. The molecule has 0 aliphatic carbocycles. The summed E-state index contributed by atoms with van der Waals surface area (Å²) in [6, 6.07) is 10.5. The maximum absolute atomic E-state index is 11.8. The molecule has 0 spiro atoms. The molecule has 1 heterocycles. The van der Waals surface area contributed by atoms with E-state index in [2.05, 4.69) is 15.6 Å². The van der Waals surface area contributed by atoms with Crippen molar-refractivity contribution in [3.63, 3.8) is 0 Å². The minimum Gasteiger partial charge on any atom is -0.462 e. The second kappa shape index (κ2) is 8.53. The maximum Gasteiger partial charge on any atom is 0.338 e. The van der Waals surface area contributed by atoms with Crippen LogP contribution in [0.4, 0.5) is 5.69 Å². The minimum absolute atomic E-state index is 0.115. The zero-order valence-corrected chi connectivity index (χ0v) is 12.9. The Morgan fingerprint density at radius 3 is 2.43 bits per heavy atom. The van der Waals surface area contributed by atoms with Gasteiger partial charge >= 0.3 is 5.97 Å². The number of carbonyl (C=O) groups is 2. The monoisotopic (exact) mass is 313 g/mol. The van der Waals surface area contributed by atoms with Crippen molar-refractivity contribution >= 4 is 17.6 Å². The summed E-state index contributed by atoms with van der Waals surface area (Å²) in [6.07, 6.45) is 3.37. The third kappa shape index (κ3) is 5.43. The number of hydrogen-bond acceptors (Lipinski definition) is 5. The third-order valence-electron chi connectivity index (χ3n) is 3.09. The van der Waals surface area contributed by atoms with Crippen molar-refractivity contribution in [2.45, 2.75) is 13.5 Å². The van der Waals surface area contributed by atoms with Gasteiger partial charge in [0.05, 0.1) is 18.7 Å². The van der Waals surface area contributed by atoms with E-state index in [1.165, 1.54) is 0 Å². The zero-order chi connectivity index (χ0) is 16.5. The number of anilines is 1. The van der Waals surface area contributed by atoms with Gasteiger partial charge in [-0.25, -0.2) is 4.79 Å². The standard InChI is InChI=1S/C17H19N3O3/c1-2-23-17(22)14-3-5-15(6-4-14)19-12-16(21)20-11-13-7-9-18-10-8-13/h3-10,19H,2,11-12H2,1H3,(H,20,21). The number of carbonyl (C=O) groups excluding carboxylic acids is 2. The van der Waals surface area contributed by atoms with Crippen molar-refractivity contribution in [3.05, 3.63) is 59.9 Å². The van der Waals surface area contributed by atoms with E-state index < -0.39 is 0 Å². The number of nitrogens with zero attached hydrogens (tertiary/aromatic N) is 1. The Morgan fingerprint density at radius 1 is 1.09 bits per heavy atom. The summed E-state index contributed by atoms with van der Waals surface area (Å²) in [4.78, 5) is 27.2. The topological polar surface area (TPSA) is 80.3 Å². The molecule has 120 valence electrons. The number of amides is 1. The predicted molar refractivity (Wildman–Crippen MR) is 87.0 cm³/mol. The van der Waals surface area contributed by atoms with E-state index in [-0.39, 0.29) is 18.4 Å². The van der Waals surface area contributed by atoms with E-state index in [0.717, 1.165) is 11.3 Å². The normalized spacial score (nSPS) is 9.96. The molecule has 0 saturated carbocycles. The quantitative estimate of drug-likeness (QED) is 0.764. The average molecular weight is 313 g/mol. The number of esters is 1. The van der Waals surface area contributed by atoms with Gasteiger partial charge in [0.25, 0.3) is 0 Å². The molecule has 23 heavy (non-hydrogen) atoms. The fraction of sp³-hybridized carbons (Fsp3) is 0.235. The van der Waals surface area contributed by atoms with Gasteiger partial charge in [0.1, 0.15) is 0 Å². The summed E-state index contributed by atoms with van der Waals surface area (Å²) in [7, 11) is 0. The van der Waals surface area contributed by atoms with Crippen molar-refractivity contribution in [1.82, 2.24) is 10.3 Å². The molecule has 0 bridgehead atoms. The van der Waals surface area contributed by atoms with Crippen LogP contribution < -0.4 is 10.6 Å². The number of hydrogen-bond donors (Lipinski definition) is 2. The molecule has 1 amide bonds. The van der Waals surface area contributed by atoms with Gasteiger partial charge in [-0.05, 0) is 48.9 Å². The van der Waals surface area contributed by atoms with E-state index in [9.17, 15) is 9.59 Å². The van der Waals surface area contributed by atoms with Crippen molar-refractivity contribution < 1.29 is 14.3 Å². The molecule has 6 heteroatoms. The van der Waals surface area contributed by atoms with E-state index in [4.69, 9.17) is 4.74 Å². The second-order valence-corrected chi connectivity index (χ2v) is 4.78. The van der Waals surface area contributed by atoms with Gasteiger partial charge in [0.2, 0.25) is 5.91 Å². The molecule has 0 atom stereocenters. The van der Waals surface area contributed by atoms with Gasteiger partial charge in [0.15, 0.2) is 0 Å². The Balaban J connectivity index is 1.77. The Bertz CT molecular complexity index is 642. The fourth-order valence-corrected chi connectivity index (χ4v) is 1.88. The first-order valence-corrected chi connectivity index (χ1v) is 7.35.